The van der Waals surface area contributed by atoms with E-state index in [1.165, 1.54) is 18.2 Å². The molecule has 0 bridgehead atoms. The predicted octanol–water partition coefficient (Wildman–Crippen LogP) is 3.37. The number of alkyl halides is 3. The molecule has 0 aromatic heterocycles. The van der Waals surface area contributed by atoms with Crippen LogP contribution in [-0.4, -0.2) is 66.8 Å². The lowest BCUT2D eigenvalue weighted by Crippen LogP contribution is -2.52. The quantitative estimate of drug-likeness (QED) is 0.546. The number of amides is 3. The molecule has 1 fully saturated rings. The molecule has 3 aromatic carbocycles. The van der Waals surface area contributed by atoms with Crippen LogP contribution in [0.15, 0.2) is 66.7 Å². The van der Waals surface area contributed by atoms with Crippen LogP contribution in [0, 0.1) is 0 Å². The Morgan fingerprint density at radius 2 is 1.50 bits per heavy atom. The molecule has 0 saturated carbocycles. The van der Waals surface area contributed by atoms with E-state index in [9.17, 15) is 27.6 Å². The Balaban J connectivity index is 1.23. The second kappa shape index (κ2) is 10.8. The molecular weight excluding hydrogens is 473 g/mol. The van der Waals surface area contributed by atoms with Crippen LogP contribution < -0.4 is 10.6 Å². The van der Waals surface area contributed by atoms with Gasteiger partial charge in [-0.2, -0.15) is 13.2 Å². The average Bonchev–Trinajstić information content (AvgIpc) is 2.87. The molecule has 188 valence electrons. The van der Waals surface area contributed by atoms with E-state index in [2.05, 4.69) is 10.6 Å². The van der Waals surface area contributed by atoms with E-state index in [4.69, 9.17) is 0 Å². The van der Waals surface area contributed by atoms with Gasteiger partial charge < -0.3 is 15.5 Å². The summed E-state index contributed by atoms with van der Waals surface area (Å²) < 4.78 is 39.4. The lowest BCUT2D eigenvalue weighted by Gasteiger charge is -2.34. The molecule has 10 heteroatoms. The Hall–Kier alpha value is -3.92. The van der Waals surface area contributed by atoms with Crippen LogP contribution in [0.1, 0.15) is 15.9 Å². The zero-order chi connectivity index (χ0) is 25.7. The van der Waals surface area contributed by atoms with Gasteiger partial charge in [-0.15, -0.1) is 0 Å². The van der Waals surface area contributed by atoms with Crippen molar-refractivity contribution in [1.82, 2.24) is 15.1 Å². The van der Waals surface area contributed by atoms with Gasteiger partial charge in [0.2, 0.25) is 11.8 Å². The summed E-state index contributed by atoms with van der Waals surface area (Å²) in [5, 5.41) is 6.92. The van der Waals surface area contributed by atoms with E-state index in [0.29, 0.717) is 31.7 Å². The molecule has 1 aliphatic heterocycles. The number of para-hydroxylation sites is 1. The summed E-state index contributed by atoms with van der Waals surface area (Å²) >= 11 is 0. The summed E-state index contributed by atoms with van der Waals surface area (Å²) in [7, 11) is 0. The molecule has 2 N–H and O–H groups in total. The van der Waals surface area contributed by atoms with Crippen LogP contribution in [0.2, 0.25) is 0 Å². The molecule has 3 aromatic rings. The molecule has 7 nitrogen and oxygen atoms in total. The topological polar surface area (TPSA) is 81.8 Å². The van der Waals surface area contributed by atoms with E-state index in [-0.39, 0.29) is 30.6 Å². The molecule has 4 rings (SSSR count). The number of carbonyl (C=O) groups is 3. The van der Waals surface area contributed by atoms with Gasteiger partial charge in [-0.1, -0.05) is 42.5 Å². The highest BCUT2D eigenvalue weighted by molar-refractivity contribution is 6.00. The standard InChI is InChI=1S/C26H25F3N4O3/c27-26(28,29)21-7-3-4-8-22(21)31-23(34)17-32-11-13-33(14-12-32)24(35)16-30-25(36)20-10-9-18-5-1-2-6-19(18)15-20/h1-10,15H,11-14,16-17H2,(H,30,36)(H,31,34). The summed E-state index contributed by atoms with van der Waals surface area (Å²) in [6.45, 7) is 1.22. The number of anilines is 1. The van der Waals surface area contributed by atoms with Crippen molar-refractivity contribution in [3.8, 4) is 0 Å². The van der Waals surface area contributed by atoms with Crippen molar-refractivity contribution in [2.75, 3.05) is 44.6 Å². The fourth-order valence-electron chi connectivity index (χ4n) is 4.09. The third-order valence-corrected chi connectivity index (χ3v) is 6.01. The Kier molecular flexibility index (Phi) is 7.54. The first-order valence-electron chi connectivity index (χ1n) is 11.4. The molecule has 0 spiro atoms. The first-order chi connectivity index (χ1) is 17.2. The lowest BCUT2D eigenvalue weighted by atomic mass is 10.1. The van der Waals surface area contributed by atoms with Crippen molar-refractivity contribution < 1.29 is 27.6 Å². The normalized spacial score (nSPS) is 14.5. The minimum atomic E-state index is -4.57. The Labute approximate surface area is 205 Å². The minimum absolute atomic E-state index is 0.0904. The predicted molar refractivity (Wildman–Crippen MR) is 129 cm³/mol. The first-order valence-corrected chi connectivity index (χ1v) is 11.4. The lowest BCUT2D eigenvalue weighted by molar-refractivity contribution is -0.137. The van der Waals surface area contributed by atoms with E-state index in [1.54, 1.807) is 21.9 Å². The number of nitrogens with zero attached hydrogens (tertiary/aromatic N) is 2. The number of fused-ring (bicyclic) bond motifs is 1. The van der Waals surface area contributed by atoms with Crippen LogP contribution in [0.3, 0.4) is 0 Å². The summed E-state index contributed by atoms with van der Waals surface area (Å²) in [6, 6.07) is 17.8. The Bertz CT molecular complexity index is 1270. The second-order valence-corrected chi connectivity index (χ2v) is 8.49. The van der Waals surface area contributed by atoms with Gasteiger partial charge >= 0.3 is 6.18 Å². The maximum absolute atomic E-state index is 13.1. The first kappa shape index (κ1) is 25.2. The molecule has 0 unspecified atom stereocenters. The highest BCUT2D eigenvalue weighted by Crippen LogP contribution is 2.34. The number of carbonyl (C=O) groups excluding carboxylic acids is 3. The van der Waals surface area contributed by atoms with Crippen LogP contribution in [0.25, 0.3) is 10.8 Å². The van der Waals surface area contributed by atoms with Gasteiger partial charge in [-0.05, 0) is 35.0 Å². The van der Waals surface area contributed by atoms with Crippen LogP contribution >= 0.6 is 0 Å². The zero-order valence-corrected chi connectivity index (χ0v) is 19.3. The van der Waals surface area contributed by atoms with Crippen molar-refractivity contribution in [2.24, 2.45) is 0 Å². The number of rotatable bonds is 6. The molecule has 0 aliphatic carbocycles. The molecule has 1 aliphatic rings. The number of hydrogen-bond acceptors (Lipinski definition) is 4. The summed E-state index contributed by atoms with van der Waals surface area (Å²) in [5.41, 5.74) is -0.727. The molecule has 36 heavy (non-hydrogen) atoms. The molecule has 1 saturated heterocycles. The number of piperazine rings is 1. The summed E-state index contributed by atoms with van der Waals surface area (Å²) in [5.74, 6) is -1.15. The van der Waals surface area contributed by atoms with E-state index in [1.807, 2.05) is 30.3 Å². The third-order valence-electron chi connectivity index (χ3n) is 6.01. The van der Waals surface area contributed by atoms with Crippen molar-refractivity contribution in [2.45, 2.75) is 6.18 Å². The summed E-state index contributed by atoms with van der Waals surface area (Å²) in [4.78, 5) is 40.7. The van der Waals surface area contributed by atoms with Crippen LogP contribution in [0.5, 0.6) is 0 Å². The third kappa shape index (κ3) is 6.19. The maximum Gasteiger partial charge on any atom is 0.418 e. The maximum atomic E-state index is 13.1. The number of halogens is 3. The smallest absolute Gasteiger partial charge is 0.343 e. The van der Waals surface area contributed by atoms with Gasteiger partial charge in [0, 0.05) is 31.7 Å². The summed E-state index contributed by atoms with van der Waals surface area (Å²) in [6.07, 6.45) is -4.57. The van der Waals surface area contributed by atoms with E-state index < -0.39 is 17.6 Å². The van der Waals surface area contributed by atoms with Crippen molar-refractivity contribution >= 4 is 34.2 Å². The molecule has 0 radical (unpaired) electrons. The molecule has 0 atom stereocenters. The second-order valence-electron chi connectivity index (χ2n) is 8.49. The van der Waals surface area contributed by atoms with Crippen molar-refractivity contribution in [1.29, 1.82) is 0 Å². The van der Waals surface area contributed by atoms with E-state index >= 15 is 0 Å². The van der Waals surface area contributed by atoms with Gasteiger partial charge in [-0.3, -0.25) is 19.3 Å². The number of hydrogen-bond donors (Lipinski definition) is 2. The van der Waals surface area contributed by atoms with Crippen LogP contribution in [0.4, 0.5) is 18.9 Å². The van der Waals surface area contributed by atoms with Crippen molar-refractivity contribution in [3.05, 3.63) is 77.9 Å². The Morgan fingerprint density at radius 3 is 2.22 bits per heavy atom. The number of nitrogens with one attached hydrogen (secondary N) is 2. The molecule has 3 amide bonds. The van der Waals surface area contributed by atoms with Gasteiger partial charge in [0.05, 0.1) is 24.3 Å². The molecular formula is C26H25F3N4O3. The fraction of sp³-hybridized carbons (Fsp3) is 0.269. The van der Waals surface area contributed by atoms with Gasteiger partial charge in [0.1, 0.15) is 0 Å². The highest BCUT2D eigenvalue weighted by atomic mass is 19.4. The van der Waals surface area contributed by atoms with E-state index in [0.717, 1.165) is 16.8 Å². The van der Waals surface area contributed by atoms with Gasteiger partial charge in [0.15, 0.2) is 0 Å². The van der Waals surface area contributed by atoms with Gasteiger partial charge in [0.25, 0.3) is 5.91 Å². The van der Waals surface area contributed by atoms with Gasteiger partial charge in [-0.25, -0.2) is 0 Å². The number of benzene rings is 3. The largest absolute Gasteiger partial charge is 0.418 e. The molecule has 1 heterocycles. The minimum Gasteiger partial charge on any atom is -0.343 e. The fourth-order valence-corrected chi connectivity index (χ4v) is 4.09. The van der Waals surface area contributed by atoms with Crippen LogP contribution in [-0.2, 0) is 15.8 Å². The SMILES string of the molecule is O=C(CN1CCN(C(=O)CNC(=O)c2ccc3ccccc3c2)CC1)Nc1ccccc1C(F)(F)F. The monoisotopic (exact) mass is 498 g/mol. The zero-order valence-electron chi connectivity index (χ0n) is 19.3. The Morgan fingerprint density at radius 1 is 0.833 bits per heavy atom. The average molecular weight is 499 g/mol. The highest BCUT2D eigenvalue weighted by Gasteiger charge is 2.33. The van der Waals surface area contributed by atoms with Crippen molar-refractivity contribution in [3.63, 3.8) is 0 Å².